The van der Waals surface area contributed by atoms with Crippen molar-refractivity contribution in [3.05, 3.63) is 42.5 Å². The molecule has 0 unspecified atom stereocenters. The van der Waals surface area contributed by atoms with Crippen molar-refractivity contribution >= 4 is 28.4 Å². The summed E-state index contributed by atoms with van der Waals surface area (Å²) in [4.78, 5) is 12.5. The second kappa shape index (κ2) is 9.14. The zero-order valence-electron chi connectivity index (χ0n) is 14.9. The molecule has 1 saturated carbocycles. The van der Waals surface area contributed by atoms with Crippen LogP contribution >= 0.6 is 11.8 Å². The Morgan fingerprint density at radius 3 is 2.76 bits per heavy atom. The molecule has 1 fully saturated rings. The summed E-state index contributed by atoms with van der Waals surface area (Å²) in [7, 11) is 0. The molecule has 1 aliphatic rings. The first-order chi connectivity index (χ1) is 12.3. The smallest absolute Gasteiger partial charge is 0.261 e. The van der Waals surface area contributed by atoms with E-state index < -0.39 is 6.10 Å². The van der Waals surface area contributed by atoms with Gasteiger partial charge in [0.05, 0.1) is 0 Å². The maximum atomic E-state index is 12.5. The molecule has 1 amide bonds. The van der Waals surface area contributed by atoms with Crippen LogP contribution in [-0.2, 0) is 4.79 Å². The Hall–Kier alpha value is -1.68. The van der Waals surface area contributed by atoms with Gasteiger partial charge in [-0.2, -0.15) is 11.8 Å². The van der Waals surface area contributed by atoms with Crippen LogP contribution in [0.25, 0.3) is 10.8 Å². The number of rotatable bonds is 8. The monoisotopic (exact) mass is 357 g/mol. The molecule has 1 N–H and O–H groups in total. The zero-order chi connectivity index (χ0) is 17.5. The van der Waals surface area contributed by atoms with Gasteiger partial charge in [-0.05, 0) is 30.7 Å². The van der Waals surface area contributed by atoms with Crippen molar-refractivity contribution in [2.75, 3.05) is 12.3 Å². The second-order valence-corrected chi connectivity index (χ2v) is 7.97. The van der Waals surface area contributed by atoms with Crippen LogP contribution in [0.5, 0.6) is 5.75 Å². The molecule has 4 heteroatoms. The summed E-state index contributed by atoms with van der Waals surface area (Å²) in [5.74, 6) is 1.75. The van der Waals surface area contributed by atoms with E-state index in [0.29, 0.717) is 6.42 Å². The summed E-state index contributed by atoms with van der Waals surface area (Å²) >= 11 is 2.00. The minimum atomic E-state index is -0.442. The van der Waals surface area contributed by atoms with E-state index in [1.54, 1.807) is 0 Å². The van der Waals surface area contributed by atoms with E-state index in [9.17, 15) is 4.79 Å². The van der Waals surface area contributed by atoms with Crippen molar-refractivity contribution in [3.8, 4) is 5.75 Å². The molecule has 0 heterocycles. The summed E-state index contributed by atoms with van der Waals surface area (Å²) in [5.41, 5.74) is 0. The van der Waals surface area contributed by atoms with Gasteiger partial charge in [0.15, 0.2) is 6.10 Å². The van der Waals surface area contributed by atoms with Crippen LogP contribution in [-0.4, -0.2) is 29.6 Å². The van der Waals surface area contributed by atoms with Gasteiger partial charge in [-0.25, -0.2) is 0 Å². The topological polar surface area (TPSA) is 38.3 Å². The first kappa shape index (κ1) is 18.1. The lowest BCUT2D eigenvalue weighted by atomic mass is 10.1. The number of carbonyl (C=O) groups excluding carboxylic acids is 1. The summed E-state index contributed by atoms with van der Waals surface area (Å²) in [6, 6.07) is 14.1. The highest BCUT2D eigenvalue weighted by molar-refractivity contribution is 7.99. The van der Waals surface area contributed by atoms with E-state index in [-0.39, 0.29) is 5.91 Å². The van der Waals surface area contributed by atoms with Crippen molar-refractivity contribution in [2.24, 2.45) is 0 Å². The van der Waals surface area contributed by atoms with Gasteiger partial charge in [0.25, 0.3) is 5.91 Å². The molecule has 0 spiro atoms. The third-order valence-electron chi connectivity index (χ3n) is 4.74. The molecule has 25 heavy (non-hydrogen) atoms. The first-order valence-corrected chi connectivity index (χ1v) is 10.4. The fourth-order valence-electron chi connectivity index (χ4n) is 3.34. The average Bonchev–Trinajstić information content (AvgIpc) is 3.16. The Morgan fingerprint density at radius 2 is 1.96 bits per heavy atom. The van der Waals surface area contributed by atoms with Gasteiger partial charge in [-0.1, -0.05) is 56.2 Å². The Morgan fingerprint density at radius 1 is 1.20 bits per heavy atom. The molecule has 0 saturated heterocycles. The van der Waals surface area contributed by atoms with Crippen molar-refractivity contribution in [3.63, 3.8) is 0 Å². The number of thioether (sulfide) groups is 1. The Kier molecular flexibility index (Phi) is 6.62. The Bertz CT molecular complexity index is 692. The zero-order valence-corrected chi connectivity index (χ0v) is 15.7. The lowest BCUT2D eigenvalue weighted by molar-refractivity contribution is -0.127. The Labute approximate surface area is 154 Å². The van der Waals surface area contributed by atoms with Crippen LogP contribution in [0.3, 0.4) is 0 Å². The third-order valence-corrected chi connectivity index (χ3v) is 6.12. The van der Waals surface area contributed by atoms with Crippen LogP contribution in [0.1, 0.15) is 39.0 Å². The average molecular weight is 358 g/mol. The molecule has 2 aromatic rings. The van der Waals surface area contributed by atoms with Crippen LogP contribution in [0.4, 0.5) is 0 Å². The molecule has 1 atom stereocenters. The van der Waals surface area contributed by atoms with E-state index >= 15 is 0 Å². The highest BCUT2D eigenvalue weighted by Crippen LogP contribution is 2.29. The molecular weight excluding hydrogens is 330 g/mol. The highest BCUT2D eigenvalue weighted by atomic mass is 32.2. The predicted molar refractivity (Wildman–Crippen MR) is 106 cm³/mol. The SMILES string of the molecule is CC[C@H](Oc1cccc2ccccc12)C(=O)NCCSC1CCCC1. The fourth-order valence-corrected chi connectivity index (χ4v) is 4.56. The van der Waals surface area contributed by atoms with Crippen molar-refractivity contribution in [1.29, 1.82) is 0 Å². The standard InChI is InChI=1S/C21H27NO2S/c1-2-19(21(23)22-14-15-25-17-10-4-5-11-17)24-20-13-7-9-16-8-3-6-12-18(16)20/h3,6-9,12-13,17,19H,2,4-5,10-11,14-15H2,1H3,(H,22,23)/t19-/m0/s1. The third kappa shape index (κ3) is 4.91. The lowest BCUT2D eigenvalue weighted by Crippen LogP contribution is -2.39. The van der Waals surface area contributed by atoms with Crippen molar-refractivity contribution < 1.29 is 9.53 Å². The summed E-state index contributed by atoms with van der Waals surface area (Å²) < 4.78 is 6.05. The second-order valence-electron chi connectivity index (χ2n) is 6.56. The highest BCUT2D eigenvalue weighted by Gasteiger charge is 2.19. The van der Waals surface area contributed by atoms with Gasteiger partial charge in [0.2, 0.25) is 0 Å². The molecule has 0 aromatic heterocycles. The molecule has 2 aromatic carbocycles. The minimum absolute atomic E-state index is 0.0116. The number of ether oxygens (including phenoxy) is 1. The number of nitrogens with one attached hydrogen (secondary N) is 1. The lowest BCUT2D eigenvalue weighted by Gasteiger charge is -2.19. The van der Waals surface area contributed by atoms with Gasteiger partial charge >= 0.3 is 0 Å². The van der Waals surface area contributed by atoms with Gasteiger partial charge < -0.3 is 10.1 Å². The Balaban J connectivity index is 1.53. The van der Waals surface area contributed by atoms with Crippen LogP contribution < -0.4 is 10.1 Å². The van der Waals surface area contributed by atoms with Gasteiger partial charge in [-0.15, -0.1) is 0 Å². The van der Waals surface area contributed by atoms with Gasteiger partial charge in [0, 0.05) is 22.9 Å². The first-order valence-electron chi connectivity index (χ1n) is 9.31. The van der Waals surface area contributed by atoms with Crippen LogP contribution in [0, 0.1) is 0 Å². The molecule has 0 bridgehead atoms. The quantitative estimate of drug-likeness (QED) is 0.690. The van der Waals surface area contributed by atoms with Gasteiger partial charge in [-0.3, -0.25) is 4.79 Å². The number of carbonyl (C=O) groups is 1. The van der Waals surface area contributed by atoms with Crippen molar-refractivity contribution in [2.45, 2.75) is 50.4 Å². The van der Waals surface area contributed by atoms with E-state index in [4.69, 9.17) is 4.74 Å². The number of fused-ring (bicyclic) bond motifs is 1. The minimum Gasteiger partial charge on any atom is -0.480 e. The van der Waals surface area contributed by atoms with Crippen LogP contribution in [0.2, 0.25) is 0 Å². The summed E-state index contributed by atoms with van der Waals surface area (Å²) in [5, 5.41) is 6.02. The molecule has 134 valence electrons. The van der Waals surface area contributed by atoms with E-state index in [0.717, 1.165) is 34.1 Å². The molecular formula is C21H27NO2S. The summed E-state index contributed by atoms with van der Waals surface area (Å²) in [6.45, 7) is 2.71. The molecule has 1 aliphatic carbocycles. The molecule has 3 rings (SSSR count). The van der Waals surface area contributed by atoms with E-state index in [1.807, 2.05) is 49.0 Å². The maximum absolute atomic E-state index is 12.5. The van der Waals surface area contributed by atoms with Crippen LogP contribution in [0.15, 0.2) is 42.5 Å². The predicted octanol–water partition coefficient (Wildman–Crippen LogP) is 4.79. The number of amides is 1. The van der Waals surface area contributed by atoms with Gasteiger partial charge in [0.1, 0.15) is 5.75 Å². The normalized spacial score (nSPS) is 16.0. The molecule has 0 radical (unpaired) electrons. The van der Waals surface area contributed by atoms with E-state index in [2.05, 4.69) is 17.4 Å². The molecule has 0 aliphatic heterocycles. The largest absolute Gasteiger partial charge is 0.480 e. The van der Waals surface area contributed by atoms with E-state index in [1.165, 1.54) is 25.7 Å². The number of hydrogen-bond acceptors (Lipinski definition) is 3. The number of benzene rings is 2. The number of hydrogen-bond donors (Lipinski definition) is 1. The summed E-state index contributed by atoms with van der Waals surface area (Å²) in [6.07, 6.45) is 5.61. The fraction of sp³-hybridized carbons (Fsp3) is 0.476. The molecule has 3 nitrogen and oxygen atoms in total. The van der Waals surface area contributed by atoms with Crippen molar-refractivity contribution in [1.82, 2.24) is 5.32 Å². The maximum Gasteiger partial charge on any atom is 0.261 e.